The standard InChI is InChI=1S/C5H4FN.2C2H6/c6-5-1-3-7-4-2-5;2*1-2/h1-4H;2*1-2H3. The molecule has 0 radical (unpaired) electrons. The first-order valence-corrected chi connectivity index (χ1v) is 3.95. The van der Waals surface area contributed by atoms with Crippen LogP contribution >= 0.6 is 0 Å². The van der Waals surface area contributed by atoms with Gasteiger partial charge in [0.05, 0.1) is 0 Å². The highest BCUT2D eigenvalue weighted by Crippen LogP contribution is 1.88. The zero-order valence-electron chi connectivity index (χ0n) is 7.63. The van der Waals surface area contributed by atoms with Gasteiger partial charge in [0.2, 0.25) is 0 Å². The summed E-state index contributed by atoms with van der Waals surface area (Å²) in [6, 6.07) is 2.61. The molecule has 11 heavy (non-hydrogen) atoms. The second kappa shape index (κ2) is 11.8. The number of aromatic nitrogens is 1. The zero-order valence-corrected chi connectivity index (χ0v) is 7.63. The fourth-order valence-electron chi connectivity index (χ4n) is 0.334. The maximum absolute atomic E-state index is 11.9. The number of pyridine rings is 1. The van der Waals surface area contributed by atoms with Gasteiger partial charge in [0.25, 0.3) is 0 Å². The Labute approximate surface area is 68.3 Å². The Balaban J connectivity index is 0. The maximum atomic E-state index is 11.9. The summed E-state index contributed by atoms with van der Waals surface area (Å²) in [6.07, 6.45) is 2.82. The molecule has 0 fully saturated rings. The molecule has 0 spiro atoms. The predicted octanol–water partition coefficient (Wildman–Crippen LogP) is 3.27. The van der Waals surface area contributed by atoms with E-state index in [1.54, 1.807) is 0 Å². The summed E-state index contributed by atoms with van der Waals surface area (Å²) in [6.45, 7) is 8.00. The first-order chi connectivity index (χ1) is 5.39. The third-order valence-corrected chi connectivity index (χ3v) is 0.640. The maximum Gasteiger partial charge on any atom is 0.126 e. The van der Waals surface area contributed by atoms with E-state index in [2.05, 4.69) is 4.98 Å². The van der Waals surface area contributed by atoms with Gasteiger partial charge in [-0.3, -0.25) is 4.98 Å². The van der Waals surface area contributed by atoms with Gasteiger partial charge in [-0.05, 0) is 12.1 Å². The molecule has 2 heteroatoms. The van der Waals surface area contributed by atoms with Crippen molar-refractivity contribution in [1.82, 2.24) is 4.98 Å². The van der Waals surface area contributed by atoms with E-state index in [1.165, 1.54) is 24.5 Å². The fraction of sp³-hybridized carbons (Fsp3) is 0.444. The Hall–Kier alpha value is -0.920. The van der Waals surface area contributed by atoms with Crippen molar-refractivity contribution in [3.8, 4) is 0 Å². The van der Waals surface area contributed by atoms with Gasteiger partial charge in [-0.15, -0.1) is 0 Å². The predicted molar refractivity (Wildman–Crippen MR) is 46.9 cm³/mol. The number of rotatable bonds is 0. The van der Waals surface area contributed by atoms with E-state index >= 15 is 0 Å². The van der Waals surface area contributed by atoms with Gasteiger partial charge >= 0.3 is 0 Å². The van der Waals surface area contributed by atoms with Crippen molar-refractivity contribution in [3.63, 3.8) is 0 Å². The lowest BCUT2D eigenvalue weighted by molar-refractivity contribution is 0.625. The van der Waals surface area contributed by atoms with Crippen LogP contribution in [0.3, 0.4) is 0 Å². The lowest BCUT2D eigenvalue weighted by Gasteiger charge is -1.78. The van der Waals surface area contributed by atoms with Crippen molar-refractivity contribution in [2.24, 2.45) is 0 Å². The highest BCUT2D eigenvalue weighted by atomic mass is 19.1. The first-order valence-electron chi connectivity index (χ1n) is 3.95. The van der Waals surface area contributed by atoms with Crippen LogP contribution in [-0.2, 0) is 0 Å². The van der Waals surface area contributed by atoms with E-state index in [1.807, 2.05) is 27.7 Å². The molecule has 0 amide bonds. The van der Waals surface area contributed by atoms with Gasteiger partial charge in [0.1, 0.15) is 5.82 Å². The summed E-state index contributed by atoms with van der Waals surface area (Å²) >= 11 is 0. The molecule has 1 aromatic rings. The molecule has 0 atom stereocenters. The van der Waals surface area contributed by atoms with Gasteiger partial charge in [0, 0.05) is 12.4 Å². The number of nitrogens with zero attached hydrogens (tertiary/aromatic N) is 1. The van der Waals surface area contributed by atoms with Crippen LogP contribution in [0, 0.1) is 5.82 Å². The lowest BCUT2D eigenvalue weighted by atomic mass is 10.5. The van der Waals surface area contributed by atoms with Crippen molar-refractivity contribution in [3.05, 3.63) is 30.3 Å². The zero-order chi connectivity index (χ0) is 9.11. The largest absolute Gasteiger partial charge is 0.265 e. The van der Waals surface area contributed by atoms with Crippen molar-refractivity contribution in [1.29, 1.82) is 0 Å². The van der Waals surface area contributed by atoms with Crippen molar-refractivity contribution >= 4 is 0 Å². The Morgan fingerprint density at radius 2 is 1.36 bits per heavy atom. The normalized spacial score (nSPS) is 6.64. The van der Waals surface area contributed by atoms with E-state index in [-0.39, 0.29) is 5.82 Å². The Kier molecular flexibility index (Phi) is 13.7. The van der Waals surface area contributed by atoms with Gasteiger partial charge in [-0.2, -0.15) is 0 Å². The quantitative estimate of drug-likeness (QED) is 0.563. The molecule has 1 aromatic heterocycles. The molecule has 0 saturated heterocycles. The molecule has 1 rings (SSSR count). The van der Waals surface area contributed by atoms with E-state index in [0.717, 1.165) is 0 Å². The second-order valence-corrected chi connectivity index (χ2v) is 1.17. The summed E-state index contributed by atoms with van der Waals surface area (Å²) < 4.78 is 11.9. The van der Waals surface area contributed by atoms with Gasteiger partial charge < -0.3 is 0 Å². The molecule has 0 aliphatic carbocycles. The van der Waals surface area contributed by atoms with Crippen LogP contribution in [0.15, 0.2) is 24.5 Å². The third kappa shape index (κ3) is 9.08. The minimum Gasteiger partial charge on any atom is -0.265 e. The van der Waals surface area contributed by atoms with Crippen LogP contribution < -0.4 is 0 Å². The first kappa shape index (κ1) is 12.7. The molecule has 1 nitrogen and oxygen atoms in total. The van der Waals surface area contributed by atoms with Crippen LogP contribution in [-0.4, -0.2) is 4.98 Å². The minimum atomic E-state index is -0.241. The van der Waals surface area contributed by atoms with Crippen LogP contribution in [0.1, 0.15) is 27.7 Å². The van der Waals surface area contributed by atoms with Crippen molar-refractivity contribution in [2.45, 2.75) is 27.7 Å². The van der Waals surface area contributed by atoms with Crippen LogP contribution in [0.5, 0.6) is 0 Å². The van der Waals surface area contributed by atoms with E-state index in [9.17, 15) is 4.39 Å². The topological polar surface area (TPSA) is 12.9 Å². The fourth-order valence-corrected chi connectivity index (χ4v) is 0.334. The molecule has 0 bridgehead atoms. The summed E-state index contributed by atoms with van der Waals surface area (Å²) in [5.41, 5.74) is 0. The summed E-state index contributed by atoms with van der Waals surface area (Å²) in [5, 5.41) is 0. The second-order valence-electron chi connectivity index (χ2n) is 1.17. The van der Waals surface area contributed by atoms with Gasteiger partial charge in [0.15, 0.2) is 0 Å². The molecule has 0 N–H and O–H groups in total. The van der Waals surface area contributed by atoms with E-state index in [4.69, 9.17) is 0 Å². The molecule has 0 aliphatic heterocycles. The number of hydrogen-bond acceptors (Lipinski definition) is 1. The SMILES string of the molecule is CC.CC.Fc1ccncc1. The Morgan fingerprint density at radius 3 is 1.55 bits per heavy atom. The molecule has 64 valence electrons. The monoisotopic (exact) mass is 157 g/mol. The molecule has 0 aromatic carbocycles. The number of halogens is 1. The average Bonchev–Trinajstić information content (AvgIpc) is 2.13. The highest BCUT2D eigenvalue weighted by molar-refractivity contribution is 4.92. The van der Waals surface area contributed by atoms with Gasteiger partial charge in [-0.1, -0.05) is 27.7 Å². The van der Waals surface area contributed by atoms with E-state index < -0.39 is 0 Å². The molecular formula is C9H16FN. The van der Waals surface area contributed by atoms with Crippen molar-refractivity contribution < 1.29 is 4.39 Å². The highest BCUT2D eigenvalue weighted by Gasteiger charge is 1.78. The van der Waals surface area contributed by atoms with Gasteiger partial charge in [-0.25, -0.2) is 4.39 Å². The summed E-state index contributed by atoms with van der Waals surface area (Å²) in [5.74, 6) is -0.241. The molecular weight excluding hydrogens is 141 g/mol. The van der Waals surface area contributed by atoms with E-state index in [0.29, 0.717) is 0 Å². The third-order valence-electron chi connectivity index (χ3n) is 0.640. The Bertz CT molecular complexity index is 139. The van der Waals surface area contributed by atoms with Crippen LogP contribution in [0.4, 0.5) is 4.39 Å². The molecule has 0 aliphatic rings. The minimum absolute atomic E-state index is 0.241. The number of hydrogen-bond donors (Lipinski definition) is 0. The summed E-state index contributed by atoms with van der Waals surface area (Å²) in [7, 11) is 0. The smallest absolute Gasteiger partial charge is 0.126 e. The molecule has 0 unspecified atom stereocenters. The van der Waals surface area contributed by atoms with Crippen molar-refractivity contribution in [2.75, 3.05) is 0 Å². The van der Waals surface area contributed by atoms with Crippen LogP contribution in [0.2, 0.25) is 0 Å². The molecule has 1 heterocycles. The molecule has 0 saturated carbocycles. The Morgan fingerprint density at radius 1 is 1.00 bits per heavy atom. The summed E-state index contributed by atoms with van der Waals surface area (Å²) in [4.78, 5) is 3.61. The average molecular weight is 157 g/mol. The van der Waals surface area contributed by atoms with Crippen LogP contribution in [0.25, 0.3) is 0 Å². The lowest BCUT2D eigenvalue weighted by Crippen LogP contribution is -1.69.